The van der Waals surface area contributed by atoms with Crippen LogP contribution in [0.25, 0.3) is 0 Å². The molecule has 0 radical (unpaired) electrons. The first-order valence-electron chi connectivity index (χ1n) is 9.38. The molecular weight excluding hydrogens is 338 g/mol. The summed E-state index contributed by atoms with van der Waals surface area (Å²) in [5.74, 6) is -0.0718. The molecule has 0 spiro atoms. The number of rotatable bonds is 5. The largest absolute Gasteiger partial charge is 0.493 e. The molecule has 1 amide bonds. The van der Waals surface area contributed by atoms with Gasteiger partial charge in [-0.25, -0.2) is 0 Å². The third-order valence-electron chi connectivity index (χ3n) is 5.15. The van der Waals surface area contributed by atoms with E-state index in [2.05, 4.69) is 10.3 Å². The Labute approximate surface area is 152 Å². The second kappa shape index (κ2) is 8.74. The topological polar surface area (TPSA) is 84.2 Å². The molecule has 2 N–H and O–H groups in total. The van der Waals surface area contributed by atoms with Gasteiger partial charge in [0, 0.05) is 12.1 Å². The Morgan fingerprint density at radius 3 is 2.48 bits per heavy atom. The summed E-state index contributed by atoms with van der Waals surface area (Å²) in [5, 5.41) is 13.2. The number of amides is 1. The molecule has 138 valence electrons. The van der Waals surface area contributed by atoms with Crippen LogP contribution < -0.4 is 10.9 Å². The lowest BCUT2D eigenvalue weighted by molar-refractivity contribution is -0.119. The zero-order chi connectivity index (χ0) is 17.6. The van der Waals surface area contributed by atoms with Crippen molar-refractivity contribution in [1.29, 1.82) is 0 Å². The van der Waals surface area contributed by atoms with Gasteiger partial charge < -0.3 is 10.4 Å². The van der Waals surface area contributed by atoms with E-state index in [4.69, 9.17) is 0 Å². The fourth-order valence-electron chi connectivity index (χ4n) is 3.88. The van der Waals surface area contributed by atoms with Crippen LogP contribution in [0.1, 0.15) is 70.3 Å². The van der Waals surface area contributed by atoms with E-state index in [0.717, 1.165) is 44.6 Å². The minimum Gasteiger partial charge on any atom is -0.493 e. The van der Waals surface area contributed by atoms with Crippen LogP contribution in [0.15, 0.2) is 16.0 Å². The summed E-state index contributed by atoms with van der Waals surface area (Å²) < 4.78 is 1.66. The molecule has 0 saturated heterocycles. The first kappa shape index (κ1) is 18.3. The number of nitrogens with zero attached hydrogens (tertiary/aromatic N) is 2. The molecule has 1 aromatic heterocycles. The van der Waals surface area contributed by atoms with E-state index in [1.54, 1.807) is 4.57 Å². The molecule has 1 aromatic rings. The monoisotopic (exact) mass is 365 g/mol. The van der Waals surface area contributed by atoms with Gasteiger partial charge >= 0.3 is 0 Å². The average molecular weight is 365 g/mol. The normalized spacial score (nSPS) is 19.7. The van der Waals surface area contributed by atoms with Gasteiger partial charge in [-0.2, -0.15) is 4.98 Å². The van der Waals surface area contributed by atoms with Crippen molar-refractivity contribution in [2.75, 3.05) is 5.75 Å². The number of carbonyl (C=O) groups is 1. The third-order valence-corrected chi connectivity index (χ3v) is 6.10. The molecule has 2 fully saturated rings. The zero-order valence-electron chi connectivity index (χ0n) is 14.6. The van der Waals surface area contributed by atoms with Gasteiger partial charge in [-0.05, 0) is 25.7 Å². The van der Waals surface area contributed by atoms with Crippen LogP contribution in [0.2, 0.25) is 0 Å². The Hall–Kier alpha value is -1.50. The molecule has 0 atom stereocenters. The highest BCUT2D eigenvalue weighted by molar-refractivity contribution is 7.99. The van der Waals surface area contributed by atoms with Gasteiger partial charge in [0.25, 0.3) is 5.56 Å². The minimum absolute atomic E-state index is 0.0209. The van der Waals surface area contributed by atoms with Gasteiger partial charge in [0.1, 0.15) is 0 Å². The van der Waals surface area contributed by atoms with Crippen LogP contribution >= 0.6 is 11.8 Å². The van der Waals surface area contributed by atoms with Crippen LogP contribution in [-0.4, -0.2) is 32.4 Å². The van der Waals surface area contributed by atoms with Crippen LogP contribution in [-0.2, 0) is 4.79 Å². The van der Waals surface area contributed by atoms with Crippen molar-refractivity contribution in [2.45, 2.75) is 81.4 Å². The van der Waals surface area contributed by atoms with Crippen LogP contribution in [0.4, 0.5) is 0 Å². The summed E-state index contributed by atoms with van der Waals surface area (Å²) in [6.07, 6.45) is 11.1. The van der Waals surface area contributed by atoms with E-state index in [9.17, 15) is 14.7 Å². The van der Waals surface area contributed by atoms with Crippen molar-refractivity contribution in [3.05, 3.63) is 16.4 Å². The van der Waals surface area contributed by atoms with E-state index in [0.29, 0.717) is 5.16 Å². The summed E-state index contributed by atoms with van der Waals surface area (Å²) in [4.78, 5) is 28.7. The number of carbonyl (C=O) groups excluding carboxylic acids is 1. The number of hydrogen-bond donors (Lipinski definition) is 2. The fourth-order valence-corrected chi connectivity index (χ4v) is 4.76. The van der Waals surface area contributed by atoms with Gasteiger partial charge in [-0.3, -0.25) is 14.2 Å². The number of nitrogens with one attached hydrogen (secondary N) is 1. The van der Waals surface area contributed by atoms with Gasteiger partial charge in [0.05, 0.1) is 11.8 Å². The predicted octanol–water partition coefficient (Wildman–Crippen LogP) is 3.00. The van der Waals surface area contributed by atoms with E-state index in [1.807, 2.05) is 0 Å². The van der Waals surface area contributed by atoms with E-state index in [-0.39, 0.29) is 35.2 Å². The van der Waals surface area contributed by atoms with Crippen LogP contribution in [0, 0.1) is 0 Å². The first-order chi connectivity index (χ1) is 12.1. The Morgan fingerprint density at radius 1 is 1.16 bits per heavy atom. The van der Waals surface area contributed by atoms with Gasteiger partial charge in [0.2, 0.25) is 11.8 Å². The second-order valence-corrected chi connectivity index (χ2v) is 8.03. The quantitative estimate of drug-likeness (QED) is 0.476. The molecule has 1 heterocycles. The maximum absolute atomic E-state index is 12.3. The lowest BCUT2D eigenvalue weighted by Gasteiger charge is -2.18. The SMILES string of the molecule is O=C(CSc1nc(O)cc(=O)n1C1CCCC1)NC1CCCCCC1. The number of hydrogen-bond acceptors (Lipinski definition) is 5. The maximum Gasteiger partial charge on any atom is 0.258 e. The first-order valence-corrected chi connectivity index (χ1v) is 10.4. The lowest BCUT2D eigenvalue weighted by atomic mass is 10.1. The molecule has 2 aliphatic carbocycles. The highest BCUT2D eigenvalue weighted by Gasteiger charge is 2.23. The van der Waals surface area contributed by atoms with Crippen molar-refractivity contribution in [1.82, 2.24) is 14.9 Å². The molecule has 25 heavy (non-hydrogen) atoms. The van der Waals surface area contributed by atoms with Gasteiger partial charge in [0.15, 0.2) is 5.16 Å². The molecule has 0 aromatic carbocycles. The minimum atomic E-state index is -0.272. The van der Waals surface area contributed by atoms with Gasteiger partial charge in [-0.1, -0.05) is 50.3 Å². The van der Waals surface area contributed by atoms with Gasteiger partial charge in [-0.15, -0.1) is 0 Å². The molecule has 2 saturated carbocycles. The van der Waals surface area contributed by atoms with E-state index < -0.39 is 0 Å². The summed E-state index contributed by atoms with van der Waals surface area (Å²) in [5.41, 5.74) is -0.230. The van der Waals surface area contributed by atoms with Crippen molar-refractivity contribution < 1.29 is 9.90 Å². The van der Waals surface area contributed by atoms with Crippen molar-refractivity contribution in [3.63, 3.8) is 0 Å². The Kier molecular flexibility index (Phi) is 6.39. The third kappa shape index (κ3) is 5.00. The molecule has 7 heteroatoms. The predicted molar refractivity (Wildman–Crippen MR) is 98.0 cm³/mol. The summed E-state index contributed by atoms with van der Waals surface area (Å²) in [6.45, 7) is 0. The summed E-state index contributed by atoms with van der Waals surface area (Å²) in [7, 11) is 0. The molecular formula is C18H27N3O3S. The fraction of sp³-hybridized carbons (Fsp3) is 0.722. The summed E-state index contributed by atoms with van der Waals surface area (Å²) in [6, 6.07) is 1.56. The van der Waals surface area contributed by atoms with Crippen molar-refractivity contribution in [2.24, 2.45) is 0 Å². The highest BCUT2D eigenvalue weighted by atomic mass is 32.2. The van der Waals surface area contributed by atoms with Crippen molar-refractivity contribution >= 4 is 17.7 Å². The number of aromatic hydroxyl groups is 1. The standard InChI is InChI=1S/C18H27N3O3S/c22-15-11-17(24)21(14-9-5-6-10-14)18(20-15)25-12-16(23)19-13-7-3-1-2-4-8-13/h11,13-14,22H,1-10,12H2,(H,19,23). The molecule has 2 aliphatic rings. The maximum atomic E-state index is 12.3. The average Bonchev–Trinajstić information content (AvgIpc) is 2.97. The molecule has 3 rings (SSSR count). The summed E-state index contributed by atoms with van der Waals surface area (Å²) >= 11 is 1.24. The van der Waals surface area contributed by atoms with E-state index >= 15 is 0 Å². The van der Waals surface area contributed by atoms with Crippen LogP contribution in [0.5, 0.6) is 5.88 Å². The smallest absolute Gasteiger partial charge is 0.258 e. The molecule has 0 unspecified atom stereocenters. The Morgan fingerprint density at radius 2 is 1.80 bits per heavy atom. The zero-order valence-corrected chi connectivity index (χ0v) is 15.4. The Bertz CT molecular complexity index is 647. The molecule has 6 nitrogen and oxygen atoms in total. The van der Waals surface area contributed by atoms with E-state index in [1.165, 1.54) is 37.4 Å². The number of thioether (sulfide) groups is 1. The highest BCUT2D eigenvalue weighted by Crippen LogP contribution is 2.31. The number of aromatic nitrogens is 2. The lowest BCUT2D eigenvalue weighted by Crippen LogP contribution is -2.35. The second-order valence-electron chi connectivity index (χ2n) is 7.09. The van der Waals surface area contributed by atoms with Crippen LogP contribution in [0.3, 0.4) is 0 Å². The Balaban J connectivity index is 1.63. The van der Waals surface area contributed by atoms with Crippen molar-refractivity contribution in [3.8, 4) is 5.88 Å². The molecule has 0 bridgehead atoms. The molecule has 0 aliphatic heterocycles.